The van der Waals surface area contributed by atoms with Crippen molar-refractivity contribution in [1.29, 1.82) is 0 Å². The molecule has 0 aromatic heterocycles. The van der Waals surface area contributed by atoms with Crippen LogP contribution in [0.4, 0.5) is 14.9 Å². The number of anilines is 1. The van der Waals surface area contributed by atoms with E-state index in [1.165, 1.54) is 23.1 Å². The fraction of sp³-hybridized carbons (Fsp3) is 0.526. The molecule has 2 aliphatic rings. The van der Waals surface area contributed by atoms with Crippen LogP contribution >= 0.6 is 0 Å². The van der Waals surface area contributed by atoms with E-state index in [0.717, 1.165) is 11.1 Å². The lowest BCUT2D eigenvalue weighted by atomic mass is 10.0. The van der Waals surface area contributed by atoms with E-state index >= 15 is 0 Å². The van der Waals surface area contributed by atoms with Crippen LogP contribution < -0.4 is 14.1 Å². The number of halogens is 1. The van der Waals surface area contributed by atoms with Crippen molar-refractivity contribution in [2.24, 2.45) is 0 Å². The molecule has 2 aliphatic heterocycles. The average molecular weight is 711 g/mol. The van der Waals surface area contributed by atoms with Gasteiger partial charge in [0.15, 0.2) is 20.3 Å². The van der Waals surface area contributed by atoms with E-state index in [1.54, 1.807) is 42.5 Å². The normalized spacial score (nSPS) is 18.4. The topological polar surface area (TPSA) is 77.5 Å². The highest BCUT2D eigenvalue weighted by molar-refractivity contribution is 6.78. The molecule has 0 saturated heterocycles. The van der Waals surface area contributed by atoms with Crippen molar-refractivity contribution in [3.05, 3.63) is 72.2 Å². The first-order chi connectivity index (χ1) is 22.8. The predicted molar refractivity (Wildman–Crippen MR) is 200 cm³/mol. The highest BCUT2D eigenvalue weighted by Gasteiger charge is 2.52. The molecule has 0 unspecified atom stereocenters. The molecule has 0 fully saturated rings. The fourth-order valence-electron chi connectivity index (χ4n) is 7.11. The quantitative estimate of drug-likeness (QED) is 0.171. The molecule has 2 aromatic carbocycles. The Balaban J connectivity index is 2.03. The van der Waals surface area contributed by atoms with Crippen LogP contribution in [0.5, 0.6) is 11.5 Å². The Morgan fingerprint density at radius 2 is 1.61 bits per heavy atom. The summed E-state index contributed by atoms with van der Waals surface area (Å²) in [5.41, 5.74) is 3.01. The molecule has 0 bridgehead atoms. The number of benzene rings is 2. The third-order valence-corrected chi connectivity index (χ3v) is 21.1. The van der Waals surface area contributed by atoms with Gasteiger partial charge in [0.05, 0.1) is 24.4 Å². The summed E-state index contributed by atoms with van der Waals surface area (Å²) in [7, 11) is -3.53. The summed E-state index contributed by atoms with van der Waals surface area (Å²) in [5.74, 6) is 0.230. The van der Waals surface area contributed by atoms with Gasteiger partial charge in [-0.2, -0.15) is 0 Å². The summed E-state index contributed by atoms with van der Waals surface area (Å²) >= 11 is 0. The molecule has 0 saturated carbocycles. The molecule has 11 heteroatoms. The van der Waals surface area contributed by atoms with Gasteiger partial charge in [-0.15, -0.1) is 0 Å². The number of ether oxygens (including phenoxy) is 2. The van der Waals surface area contributed by atoms with E-state index < -0.39 is 35.0 Å². The molecule has 2 atom stereocenters. The van der Waals surface area contributed by atoms with Gasteiger partial charge in [-0.25, -0.2) is 14.1 Å². The van der Waals surface area contributed by atoms with E-state index in [2.05, 4.69) is 82.0 Å². The highest BCUT2D eigenvalue weighted by Crippen LogP contribution is 2.49. The lowest BCUT2D eigenvalue weighted by Gasteiger charge is -2.44. The van der Waals surface area contributed by atoms with E-state index in [4.69, 9.17) is 18.3 Å². The predicted octanol–water partition coefficient (Wildman–Crippen LogP) is 10.1. The first-order valence-corrected chi connectivity index (χ1v) is 22.3. The van der Waals surface area contributed by atoms with Crippen molar-refractivity contribution in [2.75, 3.05) is 18.6 Å². The molecular formula is C38H55FN2O6Si2. The van der Waals surface area contributed by atoms with Gasteiger partial charge in [0.1, 0.15) is 18.2 Å². The molecule has 268 valence electrons. The number of hydrogen-bond donors (Lipinski definition) is 0. The second-order valence-corrected chi connectivity index (χ2v) is 25.7. The molecule has 2 aromatic rings. The molecule has 0 aliphatic carbocycles. The van der Waals surface area contributed by atoms with E-state index in [1.807, 2.05) is 0 Å². The van der Waals surface area contributed by atoms with Crippen molar-refractivity contribution in [1.82, 2.24) is 4.90 Å². The Kier molecular flexibility index (Phi) is 11.3. The average Bonchev–Trinajstić information content (AvgIpc) is 3.43. The summed E-state index contributed by atoms with van der Waals surface area (Å²) in [6, 6.07) is 9.05. The Bertz CT molecular complexity index is 1560. The summed E-state index contributed by atoms with van der Waals surface area (Å²) in [5, 5.41) is -0.218. The van der Waals surface area contributed by atoms with Crippen molar-refractivity contribution < 1.29 is 32.3 Å². The Labute approximate surface area is 294 Å². The lowest BCUT2D eigenvalue weighted by molar-refractivity contribution is 0.0590. The second kappa shape index (κ2) is 14.4. The van der Waals surface area contributed by atoms with E-state index in [9.17, 15) is 14.0 Å². The number of nitrogens with zero attached hydrogens (tertiary/aromatic N) is 2. The third kappa shape index (κ3) is 7.25. The van der Waals surface area contributed by atoms with E-state index in [-0.39, 0.29) is 45.6 Å². The summed E-state index contributed by atoms with van der Waals surface area (Å²) in [6.07, 6.45) is 2.11. The van der Waals surface area contributed by atoms with Crippen LogP contribution in [0.25, 0.3) is 5.57 Å². The molecule has 0 spiro atoms. The van der Waals surface area contributed by atoms with Gasteiger partial charge in [0, 0.05) is 12.3 Å². The van der Waals surface area contributed by atoms with Crippen LogP contribution in [-0.2, 0) is 9.16 Å². The summed E-state index contributed by atoms with van der Waals surface area (Å²) < 4.78 is 39.9. The zero-order valence-corrected chi connectivity index (χ0v) is 33.3. The zero-order chi connectivity index (χ0) is 36.6. The molecule has 2 heterocycles. The molecule has 2 amide bonds. The van der Waals surface area contributed by atoms with Crippen LogP contribution in [0.2, 0.25) is 34.8 Å². The summed E-state index contributed by atoms with van der Waals surface area (Å²) in [6.45, 7) is 27.6. The zero-order valence-electron chi connectivity index (χ0n) is 31.3. The highest BCUT2D eigenvalue weighted by atomic mass is 28.4. The SMILES string of the molecule is C=CCOC(=O)N1c2cc(O[Si](C(C)C)(C(C)C)C(C)C)c(OC)cc2C(=O)N2C=C(c3ccc(F)cc3)C[C@H]2[C@@H]1O[Si](C)(C)C(C)(C)C. The molecule has 49 heavy (non-hydrogen) atoms. The van der Waals surface area contributed by atoms with Crippen molar-refractivity contribution in [3.63, 3.8) is 0 Å². The van der Waals surface area contributed by atoms with Crippen LogP contribution in [0.3, 0.4) is 0 Å². The smallest absolute Gasteiger partial charge is 0.416 e. The minimum absolute atomic E-state index is 0.0253. The molecule has 8 nitrogen and oxygen atoms in total. The maximum Gasteiger partial charge on any atom is 0.416 e. The van der Waals surface area contributed by atoms with Gasteiger partial charge in [-0.1, -0.05) is 87.1 Å². The maximum absolute atomic E-state index is 14.7. The van der Waals surface area contributed by atoms with Crippen molar-refractivity contribution in [2.45, 2.75) is 116 Å². The third-order valence-electron chi connectivity index (χ3n) is 10.6. The van der Waals surface area contributed by atoms with Crippen LogP contribution in [0.15, 0.2) is 55.3 Å². The minimum Gasteiger partial charge on any atom is -0.540 e. The Hall–Kier alpha value is -3.42. The lowest BCUT2D eigenvalue weighted by Crippen LogP contribution is -2.58. The number of rotatable bonds is 11. The number of methoxy groups -OCH3 is 1. The number of amides is 2. The second-order valence-electron chi connectivity index (χ2n) is 15.6. The Morgan fingerprint density at radius 1 is 1.02 bits per heavy atom. The number of hydrogen-bond acceptors (Lipinski definition) is 6. The molecule has 0 radical (unpaired) electrons. The van der Waals surface area contributed by atoms with Crippen molar-refractivity contribution in [3.8, 4) is 11.5 Å². The molecule has 0 N–H and O–H groups in total. The van der Waals surface area contributed by atoms with Crippen LogP contribution in [0.1, 0.15) is 84.7 Å². The minimum atomic E-state index is -2.59. The first kappa shape index (κ1) is 38.4. The monoisotopic (exact) mass is 710 g/mol. The van der Waals surface area contributed by atoms with Gasteiger partial charge in [0.2, 0.25) is 0 Å². The number of carbonyl (C=O) groups is 2. The van der Waals surface area contributed by atoms with Gasteiger partial charge >= 0.3 is 6.09 Å². The fourth-order valence-corrected chi connectivity index (χ4v) is 13.6. The van der Waals surface area contributed by atoms with Gasteiger partial charge in [-0.3, -0.25) is 4.79 Å². The largest absolute Gasteiger partial charge is 0.540 e. The molecule has 4 rings (SSSR count). The van der Waals surface area contributed by atoms with Crippen molar-refractivity contribution >= 4 is 39.9 Å². The molecular weight excluding hydrogens is 656 g/mol. The maximum atomic E-state index is 14.7. The summed E-state index contributed by atoms with van der Waals surface area (Å²) in [4.78, 5) is 32.2. The number of carbonyl (C=O) groups excluding carboxylic acids is 2. The van der Waals surface area contributed by atoms with Crippen LogP contribution in [-0.4, -0.2) is 59.5 Å². The standard InChI is InChI=1S/C38H55FN2O6Si2/c1-14-19-45-37(43)41-31-22-34(46-49(24(2)3,25(4)5)26(6)7)33(44-11)21-30(31)35(42)40-23-28(27-15-17-29(39)18-16-27)20-32(40)36(41)47-48(12,13)38(8,9)10/h14-18,21-26,32,36H,1,19-20H2,2-13H3/t32-,36-/m0/s1. The number of fused-ring (bicyclic) bond motifs is 2. The van der Waals surface area contributed by atoms with E-state index in [0.29, 0.717) is 23.6 Å². The first-order valence-electron chi connectivity index (χ1n) is 17.3. The van der Waals surface area contributed by atoms with Gasteiger partial charge in [-0.05, 0) is 70.5 Å². The van der Waals surface area contributed by atoms with Gasteiger partial charge < -0.3 is 23.2 Å². The Morgan fingerprint density at radius 3 is 2.12 bits per heavy atom. The van der Waals surface area contributed by atoms with Gasteiger partial charge in [0.25, 0.3) is 14.2 Å². The van der Waals surface area contributed by atoms with Crippen LogP contribution in [0, 0.1) is 5.82 Å².